The number of nitrogens with zero attached hydrogens (tertiary/aromatic N) is 1. The first-order chi connectivity index (χ1) is 8.99. The average molecular weight is 278 g/mol. The third-order valence-corrected chi connectivity index (χ3v) is 4.99. The first-order valence-electron chi connectivity index (χ1n) is 6.65. The number of nitrogens with one attached hydrogen (secondary N) is 1. The van der Waals surface area contributed by atoms with E-state index >= 15 is 0 Å². The summed E-state index contributed by atoms with van der Waals surface area (Å²) in [6, 6.07) is 4.09. The maximum absolute atomic E-state index is 12.6. The predicted molar refractivity (Wildman–Crippen MR) is 73.7 cm³/mol. The molecule has 19 heavy (non-hydrogen) atoms. The van der Waals surface area contributed by atoms with Crippen molar-refractivity contribution in [2.24, 2.45) is 5.92 Å². The van der Waals surface area contributed by atoms with Crippen molar-refractivity contribution in [3.63, 3.8) is 0 Å². The number of thiophene rings is 1. The van der Waals surface area contributed by atoms with Gasteiger partial charge in [0.1, 0.15) is 12.1 Å². The second-order valence-electron chi connectivity index (χ2n) is 5.70. The monoisotopic (exact) mass is 278 g/mol. The number of hydrogen-bond acceptors (Lipinski definition) is 3. The maximum Gasteiger partial charge on any atom is 0.249 e. The molecular weight excluding hydrogens is 260 g/mol. The van der Waals surface area contributed by atoms with E-state index in [9.17, 15) is 9.59 Å². The fourth-order valence-corrected chi connectivity index (χ4v) is 3.69. The Hall–Kier alpha value is -1.36. The molecule has 1 N–H and O–H groups in total. The topological polar surface area (TPSA) is 49.4 Å². The van der Waals surface area contributed by atoms with E-state index in [-0.39, 0.29) is 18.4 Å². The minimum Gasteiger partial charge on any atom is -0.340 e. The van der Waals surface area contributed by atoms with Gasteiger partial charge in [-0.05, 0) is 44.7 Å². The number of hydrogen-bond donors (Lipinski definition) is 1. The number of rotatable bonds is 3. The predicted octanol–water partition coefficient (Wildman–Crippen LogP) is 1.68. The molecule has 5 heteroatoms. The standard InChI is InChI=1S/C14H18N2O2S/c1-9-3-6-11(19-9)7-16-8-12(17)15-14(2,13(16)18)10-4-5-10/h3,6,10H,4-5,7-8H2,1-2H3,(H,15,17). The molecule has 1 unspecified atom stereocenters. The van der Waals surface area contributed by atoms with Crippen LogP contribution in [0.5, 0.6) is 0 Å². The molecule has 0 radical (unpaired) electrons. The van der Waals surface area contributed by atoms with Gasteiger partial charge in [-0.3, -0.25) is 9.59 Å². The molecule has 102 valence electrons. The van der Waals surface area contributed by atoms with Crippen LogP contribution in [0.3, 0.4) is 0 Å². The van der Waals surface area contributed by atoms with E-state index in [4.69, 9.17) is 0 Å². The zero-order valence-corrected chi connectivity index (χ0v) is 12.0. The van der Waals surface area contributed by atoms with Crippen LogP contribution in [0.4, 0.5) is 0 Å². The summed E-state index contributed by atoms with van der Waals surface area (Å²) in [6.45, 7) is 4.65. The number of aryl methyl sites for hydroxylation is 1. The molecule has 0 aromatic carbocycles. The Morgan fingerprint density at radius 3 is 2.74 bits per heavy atom. The van der Waals surface area contributed by atoms with Gasteiger partial charge in [0.15, 0.2) is 0 Å². The number of piperazine rings is 1. The van der Waals surface area contributed by atoms with Crippen molar-refractivity contribution in [3.05, 3.63) is 21.9 Å². The molecule has 4 nitrogen and oxygen atoms in total. The molecule has 1 atom stereocenters. The van der Waals surface area contributed by atoms with Gasteiger partial charge in [0, 0.05) is 9.75 Å². The summed E-state index contributed by atoms with van der Waals surface area (Å²) in [7, 11) is 0. The van der Waals surface area contributed by atoms with Gasteiger partial charge in [-0.15, -0.1) is 11.3 Å². The molecular formula is C14H18N2O2S. The third kappa shape index (κ3) is 2.27. The van der Waals surface area contributed by atoms with Gasteiger partial charge in [-0.1, -0.05) is 0 Å². The van der Waals surface area contributed by atoms with Crippen LogP contribution in [0, 0.1) is 12.8 Å². The van der Waals surface area contributed by atoms with Crippen LogP contribution >= 0.6 is 11.3 Å². The van der Waals surface area contributed by atoms with E-state index in [0.29, 0.717) is 12.5 Å². The molecule has 1 aromatic rings. The van der Waals surface area contributed by atoms with Crippen molar-refractivity contribution in [1.82, 2.24) is 10.2 Å². The van der Waals surface area contributed by atoms with Crippen molar-refractivity contribution in [2.75, 3.05) is 6.54 Å². The zero-order valence-electron chi connectivity index (χ0n) is 11.2. The smallest absolute Gasteiger partial charge is 0.249 e. The summed E-state index contributed by atoms with van der Waals surface area (Å²) in [5.74, 6) is 0.347. The average Bonchev–Trinajstić information content (AvgIpc) is 3.11. The van der Waals surface area contributed by atoms with Crippen LogP contribution in [-0.2, 0) is 16.1 Å². The fourth-order valence-electron chi connectivity index (χ4n) is 2.78. The molecule has 1 aliphatic carbocycles. The van der Waals surface area contributed by atoms with E-state index in [1.807, 2.05) is 19.9 Å². The van der Waals surface area contributed by atoms with Gasteiger partial charge in [0.2, 0.25) is 11.8 Å². The third-order valence-electron chi connectivity index (χ3n) is 4.00. The highest BCUT2D eigenvalue weighted by molar-refractivity contribution is 7.11. The number of carbonyl (C=O) groups excluding carboxylic acids is 2. The van der Waals surface area contributed by atoms with Crippen LogP contribution in [0.2, 0.25) is 0 Å². The molecule has 2 aliphatic rings. The summed E-state index contributed by atoms with van der Waals surface area (Å²) < 4.78 is 0. The quantitative estimate of drug-likeness (QED) is 0.914. The Bertz CT molecular complexity index is 535. The van der Waals surface area contributed by atoms with Gasteiger partial charge in [0.05, 0.1) is 6.54 Å². The second-order valence-corrected chi connectivity index (χ2v) is 7.07. The molecule has 2 heterocycles. The molecule has 1 saturated carbocycles. The summed E-state index contributed by atoms with van der Waals surface area (Å²) >= 11 is 1.68. The molecule has 0 bridgehead atoms. The Kier molecular flexibility index (Phi) is 2.89. The summed E-state index contributed by atoms with van der Waals surface area (Å²) in [5, 5.41) is 2.90. The Labute approximate surface area is 116 Å². The Morgan fingerprint density at radius 1 is 1.42 bits per heavy atom. The van der Waals surface area contributed by atoms with Crippen molar-refractivity contribution < 1.29 is 9.59 Å². The summed E-state index contributed by atoms with van der Waals surface area (Å²) in [4.78, 5) is 28.5. The highest BCUT2D eigenvalue weighted by Gasteiger charge is 2.52. The summed E-state index contributed by atoms with van der Waals surface area (Å²) in [6.07, 6.45) is 2.07. The van der Waals surface area contributed by atoms with E-state index in [2.05, 4.69) is 11.4 Å². The summed E-state index contributed by atoms with van der Waals surface area (Å²) in [5.41, 5.74) is -0.679. The van der Waals surface area contributed by atoms with Crippen molar-refractivity contribution >= 4 is 23.2 Å². The van der Waals surface area contributed by atoms with Crippen molar-refractivity contribution in [3.8, 4) is 0 Å². The minimum atomic E-state index is -0.679. The lowest BCUT2D eigenvalue weighted by Gasteiger charge is -2.40. The SMILES string of the molecule is Cc1ccc(CN2CC(=O)NC(C)(C3CC3)C2=O)s1. The second kappa shape index (κ2) is 4.34. The first kappa shape index (κ1) is 12.7. The molecule has 0 spiro atoms. The molecule has 1 saturated heterocycles. The highest BCUT2D eigenvalue weighted by Crippen LogP contribution is 2.41. The normalized spacial score (nSPS) is 27.6. The number of amides is 2. The van der Waals surface area contributed by atoms with Crippen molar-refractivity contribution in [1.29, 1.82) is 0 Å². The van der Waals surface area contributed by atoms with Gasteiger partial charge in [-0.25, -0.2) is 0 Å². The van der Waals surface area contributed by atoms with E-state index in [0.717, 1.165) is 17.7 Å². The van der Waals surface area contributed by atoms with Crippen LogP contribution in [0.25, 0.3) is 0 Å². The largest absolute Gasteiger partial charge is 0.340 e. The highest BCUT2D eigenvalue weighted by atomic mass is 32.1. The van der Waals surface area contributed by atoms with Gasteiger partial charge < -0.3 is 10.2 Å². The maximum atomic E-state index is 12.6. The first-order valence-corrected chi connectivity index (χ1v) is 7.46. The molecule has 2 fully saturated rings. The molecule has 1 aromatic heterocycles. The minimum absolute atomic E-state index is 0.0396. The lowest BCUT2D eigenvalue weighted by Crippen LogP contribution is -2.66. The van der Waals surface area contributed by atoms with Gasteiger partial charge >= 0.3 is 0 Å². The van der Waals surface area contributed by atoms with Crippen LogP contribution in [0.1, 0.15) is 29.5 Å². The van der Waals surface area contributed by atoms with E-state index < -0.39 is 5.54 Å². The van der Waals surface area contributed by atoms with Gasteiger partial charge in [0.25, 0.3) is 0 Å². The lowest BCUT2D eigenvalue weighted by molar-refractivity contribution is -0.150. The molecule has 1 aliphatic heterocycles. The Morgan fingerprint density at radius 2 is 2.16 bits per heavy atom. The van der Waals surface area contributed by atoms with E-state index in [1.54, 1.807) is 16.2 Å². The molecule has 3 rings (SSSR count). The number of carbonyl (C=O) groups is 2. The zero-order chi connectivity index (χ0) is 13.6. The van der Waals surface area contributed by atoms with Gasteiger partial charge in [-0.2, -0.15) is 0 Å². The van der Waals surface area contributed by atoms with Crippen molar-refractivity contribution in [2.45, 2.75) is 38.8 Å². The van der Waals surface area contributed by atoms with Crippen LogP contribution in [-0.4, -0.2) is 28.8 Å². The molecule has 2 amide bonds. The van der Waals surface area contributed by atoms with Crippen LogP contribution < -0.4 is 5.32 Å². The lowest BCUT2D eigenvalue weighted by atomic mass is 9.91. The van der Waals surface area contributed by atoms with Crippen LogP contribution in [0.15, 0.2) is 12.1 Å². The Balaban J connectivity index is 1.80. The fraction of sp³-hybridized carbons (Fsp3) is 0.571. The van der Waals surface area contributed by atoms with E-state index in [1.165, 1.54) is 4.88 Å².